The minimum atomic E-state index is -4.57. The number of benzene rings is 5. The number of rotatable bonds is 16. The Morgan fingerprint density at radius 2 is 1.49 bits per heavy atom. The van der Waals surface area contributed by atoms with Crippen molar-refractivity contribution in [2.75, 3.05) is 77.1 Å². The molecule has 5 N–H and O–H groups in total. The molecule has 0 aliphatic carbocycles. The van der Waals surface area contributed by atoms with Crippen LogP contribution in [0.1, 0.15) is 30.5 Å². The molecule has 2 fully saturated rings. The Balaban J connectivity index is 0.922. The van der Waals surface area contributed by atoms with Crippen LogP contribution in [0.4, 0.5) is 41.6 Å². The molecule has 10 nitrogen and oxygen atoms in total. The molecule has 2 aliphatic heterocycles. The smallest absolute Gasteiger partial charge is 0.393 e. The highest BCUT2D eigenvalue weighted by Gasteiger charge is 2.31. The Bertz CT molecular complexity index is 2720. The molecule has 6 aromatic rings. The third-order valence-corrected chi connectivity index (χ3v) is 15.6. The van der Waals surface area contributed by atoms with Gasteiger partial charge < -0.3 is 35.4 Å². The summed E-state index contributed by atoms with van der Waals surface area (Å²) in [7, 11) is -2.23. The second-order valence-corrected chi connectivity index (χ2v) is 20.6. The third kappa shape index (κ3) is 12.0. The Labute approximate surface area is 401 Å². The maximum Gasteiger partial charge on any atom is 0.393 e. The molecule has 354 valence electrons. The van der Waals surface area contributed by atoms with Crippen molar-refractivity contribution in [3.63, 3.8) is 0 Å². The number of anilines is 5. The monoisotopic (exact) mass is 971 g/mol. The number of piperazine rings is 1. The molecule has 2 aliphatic rings. The largest absolute Gasteiger partial charge is 0.397 e. The number of aliphatic hydroxyl groups excluding tert-OH is 1. The lowest BCUT2D eigenvalue weighted by Gasteiger charge is -2.37. The summed E-state index contributed by atoms with van der Waals surface area (Å²) in [5, 5.41) is 14.0. The first kappa shape index (κ1) is 48.1. The molecule has 0 spiro atoms. The van der Waals surface area contributed by atoms with Crippen LogP contribution in [0.3, 0.4) is 0 Å². The number of nitrogen functional groups attached to an aromatic ring is 1. The highest BCUT2D eigenvalue weighted by Crippen LogP contribution is 2.42. The molecular weight excluding hydrogens is 915 g/mol. The topological polar surface area (TPSA) is 119 Å². The number of thioether (sulfide) groups is 1. The summed E-state index contributed by atoms with van der Waals surface area (Å²) in [6.07, 6.45) is -4.13. The number of hydrogen-bond acceptors (Lipinski definition) is 9. The van der Waals surface area contributed by atoms with Crippen molar-refractivity contribution < 1.29 is 26.7 Å². The van der Waals surface area contributed by atoms with Gasteiger partial charge >= 0.3 is 6.18 Å². The summed E-state index contributed by atoms with van der Waals surface area (Å²) in [5.41, 5.74) is 14.9. The zero-order valence-electron chi connectivity index (χ0n) is 37.6. The van der Waals surface area contributed by atoms with Gasteiger partial charge in [-0.1, -0.05) is 54.1 Å². The van der Waals surface area contributed by atoms with E-state index in [1.165, 1.54) is 12.1 Å². The van der Waals surface area contributed by atoms with Gasteiger partial charge in [-0.05, 0) is 122 Å². The van der Waals surface area contributed by atoms with E-state index in [2.05, 4.69) is 53.6 Å². The number of sulfonamides is 1. The van der Waals surface area contributed by atoms with E-state index in [9.17, 15) is 26.7 Å². The Morgan fingerprint density at radius 1 is 0.821 bits per heavy atom. The summed E-state index contributed by atoms with van der Waals surface area (Å²) in [5.74, 6) is 0.588. The van der Waals surface area contributed by atoms with Crippen LogP contribution in [0.5, 0.6) is 0 Å². The molecule has 5 aromatic carbocycles. The fraction of sp³-hybridized carbons (Fsp3) is 0.333. The van der Waals surface area contributed by atoms with Crippen molar-refractivity contribution in [2.24, 2.45) is 7.05 Å². The molecule has 0 amide bonds. The van der Waals surface area contributed by atoms with Crippen molar-refractivity contribution in [3.05, 3.63) is 138 Å². The van der Waals surface area contributed by atoms with Crippen LogP contribution >= 0.6 is 23.4 Å². The Hall–Kier alpha value is -5.32. The van der Waals surface area contributed by atoms with Crippen molar-refractivity contribution in [3.8, 4) is 22.4 Å². The van der Waals surface area contributed by atoms with Gasteiger partial charge in [-0.25, -0.2) is 8.42 Å². The molecule has 2 saturated heterocycles. The number of likely N-dealkylation sites (tertiary alicyclic amines) is 1. The van der Waals surface area contributed by atoms with E-state index in [4.69, 9.17) is 17.3 Å². The van der Waals surface area contributed by atoms with Crippen LogP contribution in [0.25, 0.3) is 22.4 Å². The molecule has 0 unspecified atom stereocenters. The predicted molar refractivity (Wildman–Crippen MR) is 269 cm³/mol. The highest BCUT2D eigenvalue weighted by atomic mass is 35.5. The molecule has 1 atom stereocenters. The van der Waals surface area contributed by atoms with Gasteiger partial charge in [0.15, 0.2) is 0 Å². The van der Waals surface area contributed by atoms with E-state index in [0.29, 0.717) is 42.3 Å². The lowest BCUT2D eigenvalue weighted by atomic mass is 9.99. The lowest BCUT2D eigenvalue weighted by molar-refractivity contribution is -0.127. The molecule has 0 radical (unpaired) electrons. The standard InChI is InChI=1S/C51H57ClF3N7O3S2/c1-35-49(56)48(50(59(35)2)36-11-13-39(52)14-12-36)37-7-6-8-43(31-37)62-29-27-61(28-30-62)42-17-15-40(16-18-42)58-67(64,65)46-19-20-47(38(32-46)33-51(53,54)55)57-41(34-66-45-9-4-3-5-10-45)21-24-60-25-22-44(63)23-26-60/h3-20,31-32,41,44,57-58,63H,21-30,33-34,56H2,1-2H3/t41-/m1/s1. The summed E-state index contributed by atoms with van der Waals surface area (Å²) in [4.78, 5) is 7.64. The number of nitrogens with one attached hydrogen (secondary N) is 2. The zero-order chi connectivity index (χ0) is 47.3. The van der Waals surface area contributed by atoms with E-state index in [-0.39, 0.29) is 28.3 Å². The van der Waals surface area contributed by atoms with Crippen LogP contribution in [-0.4, -0.2) is 92.9 Å². The van der Waals surface area contributed by atoms with Crippen LogP contribution in [0.15, 0.2) is 131 Å². The Morgan fingerprint density at radius 3 is 2.16 bits per heavy atom. The molecule has 0 saturated carbocycles. The molecular formula is C51H57ClF3N7O3S2. The van der Waals surface area contributed by atoms with Crippen molar-refractivity contribution in [2.45, 2.75) is 60.7 Å². The molecule has 67 heavy (non-hydrogen) atoms. The second kappa shape index (κ2) is 20.9. The fourth-order valence-corrected chi connectivity index (χ4v) is 11.2. The zero-order valence-corrected chi connectivity index (χ0v) is 40.0. The van der Waals surface area contributed by atoms with Gasteiger partial charge in [-0.3, -0.25) is 4.72 Å². The van der Waals surface area contributed by atoms with E-state index in [1.807, 2.05) is 80.7 Å². The number of piperidine rings is 1. The van der Waals surface area contributed by atoms with Crippen LogP contribution < -0.4 is 25.6 Å². The van der Waals surface area contributed by atoms with Gasteiger partial charge in [0.25, 0.3) is 10.0 Å². The van der Waals surface area contributed by atoms with Gasteiger partial charge in [0.2, 0.25) is 0 Å². The average molecular weight is 973 g/mol. The van der Waals surface area contributed by atoms with Gasteiger partial charge in [0.05, 0.1) is 28.8 Å². The molecule has 16 heteroatoms. The molecule has 3 heterocycles. The summed E-state index contributed by atoms with van der Waals surface area (Å²) < 4.78 is 74.4. The van der Waals surface area contributed by atoms with E-state index in [1.54, 1.807) is 23.9 Å². The fourth-order valence-electron chi connectivity index (χ4n) is 8.95. The third-order valence-electron chi connectivity index (χ3n) is 12.8. The minimum Gasteiger partial charge on any atom is -0.397 e. The summed E-state index contributed by atoms with van der Waals surface area (Å²) in [6, 6.07) is 36.8. The van der Waals surface area contributed by atoms with Crippen molar-refractivity contribution >= 4 is 61.8 Å². The van der Waals surface area contributed by atoms with E-state index < -0.39 is 22.6 Å². The lowest BCUT2D eigenvalue weighted by Crippen LogP contribution is -2.46. The second-order valence-electron chi connectivity index (χ2n) is 17.4. The highest BCUT2D eigenvalue weighted by molar-refractivity contribution is 7.99. The first-order valence-electron chi connectivity index (χ1n) is 22.6. The van der Waals surface area contributed by atoms with Gasteiger partial charge in [0, 0.05) is 109 Å². The first-order valence-corrected chi connectivity index (χ1v) is 25.4. The number of aliphatic hydroxyl groups is 1. The Kier molecular flexibility index (Phi) is 15.0. The molecule has 8 rings (SSSR count). The van der Waals surface area contributed by atoms with Gasteiger partial charge in [-0.15, -0.1) is 11.8 Å². The normalized spacial score (nSPS) is 15.7. The van der Waals surface area contributed by atoms with Gasteiger partial charge in [-0.2, -0.15) is 13.2 Å². The number of hydrogen-bond donors (Lipinski definition) is 4. The molecule has 0 bridgehead atoms. The van der Waals surface area contributed by atoms with Crippen LogP contribution in [0.2, 0.25) is 5.02 Å². The number of alkyl halides is 3. The van der Waals surface area contributed by atoms with E-state index >= 15 is 0 Å². The van der Waals surface area contributed by atoms with Crippen molar-refractivity contribution in [1.82, 2.24) is 9.47 Å². The van der Waals surface area contributed by atoms with Crippen molar-refractivity contribution in [1.29, 1.82) is 0 Å². The van der Waals surface area contributed by atoms with E-state index in [0.717, 1.165) is 95.4 Å². The minimum absolute atomic E-state index is 0.144. The SMILES string of the molecule is Cc1c(N)c(-c2cccc(N3CCN(c4ccc(NS(=O)(=O)c5ccc(N[C@H](CCN6CCC(O)CC6)CSc6ccccc6)c(CC(F)(F)F)c5)cc4)CC3)c2)c(-c2ccc(Cl)cc2)n1C. The summed E-state index contributed by atoms with van der Waals surface area (Å²) >= 11 is 7.83. The van der Waals surface area contributed by atoms with Crippen LogP contribution in [0, 0.1) is 6.92 Å². The maximum atomic E-state index is 14.1. The number of aromatic nitrogens is 1. The van der Waals surface area contributed by atoms with Gasteiger partial charge in [0.1, 0.15) is 0 Å². The quantitative estimate of drug-likeness (QED) is 0.0703. The number of nitrogens with zero attached hydrogens (tertiary/aromatic N) is 4. The number of nitrogens with two attached hydrogens (primary N) is 1. The average Bonchev–Trinajstić information content (AvgIpc) is 3.54. The first-order chi connectivity index (χ1) is 32.1. The predicted octanol–water partition coefficient (Wildman–Crippen LogP) is 10.6. The molecule has 1 aromatic heterocycles. The van der Waals surface area contributed by atoms with Crippen LogP contribution in [-0.2, 0) is 23.5 Å². The number of halogens is 4. The maximum absolute atomic E-state index is 14.1. The summed E-state index contributed by atoms with van der Waals surface area (Å²) in [6.45, 7) is 7.23.